The number of carbonyl (C=O) groups excluding carboxylic acids is 2. The van der Waals surface area contributed by atoms with Gasteiger partial charge < -0.3 is 89.5 Å². The average Bonchev–Trinajstić information content (AvgIpc) is 3.07. The van der Waals surface area contributed by atoms with E-state index >= 15 is 0 Å². The average molecular weight is 710 g/mol. The Hall–Kier alpha value is -1.70. The Morgan fingerprint density at radius 1 is 0.792 bits per heavy atom. The van der Waals surface area contributed by atoms with E-state index in [4.69, 9.17) is 38.3 Å². The minimum absolute atomic E-state index is 0.00558. The smallest absolute Gasteiger partial charge is 0.326 e. The Labute approximate surface area is 278 Å². The normalized spacial score (nSPS) is 19.6. The summed E-state index contributed by atoms with van der Waals surface area (Å²) in [6.45, 7) is -0.320. The molecule has 286 valence electrons. The van der Waals surface area contributed by atoms with E-state index in [2.05, 4.69) is 5.32 Å². The molecule has 0 fully saturated rings. The van der Waals surface area contributed by atoms with E-state index in [1.165, 1.54) is 6.92 Å². The summed E-state index contributed by atoms with van der Waals surface area (Å²) in [7, 11) is 0. The summed E-state index contributed by atoms with van der Waals surface area (Å²) in [4.78, 5) is 23.0. The van der Waals surface area contributed by atoms with Crippen LogP contribution in [0, 0.1) is 0 Å². The summed E-state index contributed by atoms with van der Waals surface area (Å²) >= 11 is 0. The van der Waals surface area contributed by atoms with Crippen molar-refractivity contribution in [1.29, 1.82) is 0 Å². The van der Waals surface area contributed by atoms with Gasteiger partial charge in [-0.15, -0.1) is 0 Å². The van der Waals surface area contributed by atoms with Gasteiger partial charge in [-0.05, 0) is 13.3 Å². The minimum atomic E-state index is -2.15. The number of aliphatic hydroxyl groups excluding tert-OH is 10. The molecule has 0 aromatic rings. The number of hydrogen-bond donors (Lipinski definition) is 11. The molecule has 11 unspecified atom stereocenters. The molecule has 0 bridgehead atoms. The summed E-state index contributed by atoms with van der Waals surface area (Å²) < 4.78 is 37.8. The monoisotopic (exact) mass is 709 g/mol. The van der Waals surface area contributed by atoms with E-state index in [1.54, 1.807) is 6.92 Å². The van der Waals surface area contributed by atoms with Gasteiger partial charge in [-0.25, -0.2) is 0 Å². The number of aliphatic hydroxyl groups is 10. The standard InChI is InChI=1S/C28H55NO19/c1-5-23(26(41)21(38)9-33)48-28(4,46-14-36)45-12-19(8-32)43-15-44-27(22(39)10-34)25(40)20(29-17(3)37)13-42-24(11-35)16(2)47-18(6-30)7-31/h14,16,18-27,30-35,38-41H,5-13,15H2,1-4H3,(H,29,37). The van der Waals surface area contributed by atoms with Crippen LogP contribution in [-0.2, 0) is 42.7 Å². The molecule has 0 aromatic carbocycles. The molecule has 0 aliphatic rings. The summed E-state index contributed by atoms with van der Waals surface area (Å²) in [6, 6.07) is -1.29. The van der Waals surface area contributed by atoms with Crippen LogP contribution in [0.5, 0.6) is 0 Å². The van der Waals surface area contributed by atoms with Gasteiger partial charge in [-0.3, -0.25) is 9.59 Å². The molecular formula is C28H55NO19. The molecular weight excluding hydrogens is 654 g/mol. The molecule has 0 saturated carbocycles. The van der Waals surface area contributed by atoms with Gasteiger partial charge in [0.1, 0.15) is 55.6 Å². The Bertz CT molecular complexity index is 841. The predicted molar refractivity (Wildman–Crippen MR) is 160 cm³/mol. The van der Waals surface area contributed by atoms with Crippen LogP contribution in [0.2, 0.25) is 0 Å². The zero-order chi connectivity index (χ0) is 36.9. The molecule has 11 N–H and O–H groups in total. The van der Waals surface area contributed by atoms with Crippen LogP contribution in [-0.4, -0.2) is 196 Å². The zero-order valence-electron chi connectivity index (χ0n) is 27.6. The fourth-order valence-electron chi connectivity index (χ4n) is 4.18. The Morgan fingerprint density at radius 3 is 1.88 bits per heavy atom. The highest BCUT2D eigenvalue weighted by atomic mass is 16.9. The van der Waals surface area contributed by atoms with Crippen molar-refractivity contribution >= 4 is 12.4 Å². The molecule has 0 rings (SSSR count). The van der Waals surface area contributed by atoms with Crippen LogP contribution >= 0.6 is 0 Å². The lowest BCUT2D eigenvalue weighted by atomic mass is 10.0. The fraction of sp³-hybridized carbons (Fsp3) is 0.929. The number of hydrogen-bond acceptors (Lipinski definition) is 19. The van der Waals surface area contributed by atoms with Gasteiger partial charge in [0.25, 0.3) is 6.47 Å². The molecule has 0 radical (unpaired) electrons. The molecule has 20 nitrogen and oxygen atoms in total. The topological polar surface area (TPSA) is 313 Å². The van der Waals surface area contributed by atoms with Crippen molar-refractivity contribution in [3.8, 4) is 0 Å². The molecule has 0 aromatic heterocycles. The Balaban J connectivity index is 5.56. The minimum Gasteiger partial charge on any atom is -0.410 e. The van der Waals surface area contributed by atoms with E-state index in [-0.39, 0.29) is 12.9 Å². The number of ether oxygens (including phenoxy) is 7. The highest BCUT2D eigenvalue weighted by Gasteiger charge is 2.38. The van der Waals surface area contributed by atoms with E-state index in [0.29, 0.717) is 0 Å². The molecule has 1 amide bonds. The van der Waals surface area contributed by atoms with E-state index in [1.807, 2.05) is 0 Å². The molecule has 0 aliphatic carbocycles. The predicted octanol–water partition coefficient (Wildman–Crippen LogP) is -5.57. The summed E-state index contributed by atoms with van der Waals surface area (Å²) in [6.07, 6.45) is -13.4. The second-order valence-corrected chi connectivity index (χ2v) is 10.8. The number of rotatable bonds is 30. The Kier molecular flexibility index (Phi) is 24.4. The van der Waals surface area contributed by atoms with Crippen LogP contribution in [0.15, 0.2) is 0 Å². The first-order chi connectivity index (χ1) is 22.7. The van der Waals surface area contributed by atoms with Gasteiger partial charge in [-0.1, -0.05) is 6.92 Å². The van der Waals surface area contributed by atoms with E-state index in [9.17, 15) is 55.5 Å². The molecule has 0 aliphatic heterocycles. The maximum atomic E-state index is 11.9. The van der Waals surface area contributed by atoms with Crippen LogP contribution < -0.4 is 5.32 Å². The second-order valence-electron chi connectivity index (χ2n) is 10.8. The molecule has 48 heavy (non-hydrogen) atoms. The SMILES string of the molecule is CCC(OC(C)(OC=O)OCC(CO)OCOC(C(O)CO)C(O)C(COC(CO)C(C)OC(CO)CO)NC(C)=O)C(O)C(O)CO. The quantitative estimate of drug-likeness (QED) is 0.0245. The lowest BCUT2D eigenvalue weighted by molar-refractivity contribution is -0.377. The maximum absolute atomic E-state index is 11.9. The number of carbonyl (C=O) groups is 2. The summed E-state index contributed by atoms with van der Waals surface area (Å²) in [5.41, 5.74) is 0. The first-order valence-corrected chi connectivity index (χ1v) is 15.3. The van der Waals surface area contributed by atoms with Gasteiger partial charge >= 0.3 is 5.97 Å². The van der Waals surface area contributed by atoms with Crippen molar-refractivity contribution in [1.82, 2.24) is 5.32 Å². The first kappa shape index (κ1) is 46.3. The highest BCUT2D eigenvalue weighted by molar-refractivity contribution is 5.73. The zero-order valence-corrected chi connectivity index (χ0v) is 27.6. The molecule has 0 spiro atoms. The van der Waals surface area contributed by atoms with Crippen LogP contribution in [0.1, 0.15) is 34.1 Å². The largest absolute Gasteiger partial charge is 0.410 e. The summed E-state index contributed by atoms with van der Waals surface area (Å²) in [5, 5.41) is 101. The first-order valence-electron chi connectivity index (χ1n) is 15.3. The lowest BCUT2D eigenvalue weighted by Crippen LogP contribution is -2.56. The lowest BCUT2D eigenvalue weighted by Gasteiger charge is -2.35. The molecule has 0 saturated heterocycles. The highest BCUT2D eigenvalue weighted by Crippen LogP contribution is 2.22. The Morgan fingerprint density at radius 2 is 1.40 bits per heavy atom. The van der Waals surface area contributed by atoms with Gasteiger partial charge in [0.2, 0.25) is 5.91 Å². The summed E-state index contributed by atoms with van der Waals surface area (Å²) in [5.74, 6) is -2.77. The van der Waals surface area contributed by atoms with Crippen molar-refractivity contribution in [3.63, 3.8) is 0 Å². The third-order valence-electron chi connectivity index (χ3n) is 7.00. The van der Waals surface area contributed by atoms with Crippen LogP contribution in [0.3, 0.4) is 0 Å². The molecule has 20 heteroatoms. The van der Waals surface area contributed by atoms with Gasteiger partial charge in [0, 0.05) is 13.8 Å². The van der Waals surface area contributed by atoms with Gasteiger partial charge in [-0.2, -0.15) is 0 Å². The van der Waals surface area contributed by atoms with Crippen LogP contribution in [0.4, 0.5) is 0 Å². The molecule has 0 heterocycles. The third kappa shape index (κ3) is 16.8. The van der Waals surface area contributed by atoms with Crippen molar-refractivity contribution in [3.05, 3.63) is 0 Å². The fourth-order valence-corrected chi connectivity index (χ4v) is 4.18. The van der Waals surface area contributed by atoms with E-state index in [0.717, 1.165) is 13.8 Å². The van der Waals surface area contributed by atoms with Crippen molar-refractivity contribution in [2.45, 2.75) is 107 Å². The van der Waals surface area contributed by atoms with Crippen molar-refractivity contribution in [2.75, 3.05) is 59.6 Å². The third-order valence-corrected chi connectivity index (χ3v) is 7.00. The van der Waals surface area contributed by atoms with Crippen molar-refractivity contribution < 1.29 is 93.8 Å². The van der Waals surface area contributed by atoms with Crippen molar-refractivity contribution in [2.24, 2.45) is 0 Å². The number of nitrogens with one attached hydrogen (secondary N) is 1. The second kappa shape index (κ2) is 25.3. The van der Waals surface area contributed by atoms with E-state index < -0.39 is 139 Å². The van der Waals surface area contributed by atoms with Gasteiger partial charge in [0.15, 0.2) is 0 Å². The number of amides is 1. The van der Waals surface area contributed by atoms with Crippen LogP contribution in [0.25, 0.3) is 0 Å². The maximum Gasteiger partial charge on any atom is 0.326 e. The molecule has 11 atom stereocenters. The van der Waals surface area contributed by atoms with Gasteiger partial charge in [0.05, 0.1) is 71.1 Å².